The zero-order chi connectivity index (χ0) is 19.7. The highest BCUT2D eigenvalue weighted by molar-refractivity contribution is 6.16. The van der Waals surface area contributed by atoms with Crippen LogP contribution < -0.4 is 5.32 Å². The highest BCUT2D eigenvalue weighted by Crippen LogP contribution is 2.32. The van der Waals surface area contributed by atoms with Crippen LogP contribution in [0.15, 0.2) is 76.7 Å². The Bertz CT molecular complexity index is 1040. The number of rotatable bonds is 3. The Balaban J connectivity index is 1.82. The molecule has 0 aliphatic carbocycles. The minimum atomic E-state index is -0.129. The summed E-state index contributed by atoms with van der Waals surface area (Å²) in [5.74, 6) is 1.66. The molecule has 0 radical (unpaired) electrons. The predicted molar refractivity (Wildman–Crippen MR) is 119 cm³/mol. The normalized spacial score (nSPS) is 15.9. The molecule has 3 aromatic carbocycles. The molecule has 3 heteroatoms. The first kappa shape index (κ1) is 18.2. The molecule has 0 aromatic heterocycles. The number of para-hydroxylation sites is 1. The van der Waals surface area contributed by atoms with Crippen molar-refractivity contribution in [2.45, 2.75) is 33.7 Å². The molecule has 1 N–H and O–H groups in total. The summed E-state index contributed by atoms with van der Waals surface area (Å²) in [4.78, 5) is 9.97. The van der Waals surface area contributed by atoms with Crippen LogP contribution in [0, 0.1) is 27.7 Å². The van der Waals surface area contributed by atoms with E-state index in [4.69, 9.17) is 9.98 Å². The van der Waals surface area contributed by atoms with Crippen molar-refractivity contribution < 1.29 is 0 Å². The molecule has 1 aliphatic heterocycles. The summed E-state index contributed by atoms with van der Waals surface area (Å²) in [5.41, 5.74) is 8.26. The van der Waals surface area contributed by atoms with Crippen molar-refractivity contribution in [3.63, 3.8) is 0 Å². The van der Waals surface area contributed by atoms with E-state index in [2.05, 4.69) is 81.5 Å². The first-order valence-corrected chi connectivity index (χ1v) is 9.66. The van der Waals surface area contributed by atoms with Crippen molar-refractivity contribution in [3.05, 3.63) is 100 Å². The van der Waals surface area contributed by atoms with Gasteiger partial charge in [0.25, 0.3) is 0 Å². The van der Waals surface area contributed by atoms with Crippen LogP contribution in [0.4, 0.5) is 5.69 Å². The van der Waals surface area contributed by atoms with Gasteiger partial charge in [-0.1, -0.05) is 66.7 Å². The second-order valence-electron chi connectivity index (χ2n) is 7.42. The summed E-state index contributed by atoms with van der Waals surface area (Å²) >= 11 is 0. The molecule has 4 rings (SSSR count). The number of nitrogens with one attached hydrogen (secondary N) is 1. The minimum absolute atomic E-state index is 0.129. The van der Waals surface area contributed by atoms with E-state index in [0.29, 0.717) is 0 Å². The third kappa shape index (κ3) is 3.36. The SMILES string of the molecule is Cc1cccc(C)c1NC1=NC(c2ccccc2)=NC1c1c(C)cccc1C. The van der Waals surface area contributed by atoms with Gasteiger partial charge in [0, 0.05) is 11.3 Å². The first-order valence-electron chi connectivity index (χ1n) is 9.66. The lowest BCUT2D eigenvalue weighted by Crippen LogP contribution is -2.20. The van der Waals surface area contributed by atoms with E-state index in [1.807, 2.05) is 18.2 Å². The molecule has 0 amide bonds. The quantitative estimate of drug-likeness (QED) is 0.612. The number of amidine groups is 2. The Morgan fingerprint density at radius 2 is 1.25 bits per heavy atom. The third-order valence-corrected chi connectivity index (χ3v) is 5.32. The highest BCUT2D eigenvalue weighted by Gasteiger charge is 2.28. The molecule has 0 bridgehead atoms. The van der Waals surface area contributed by atoms with Crippen LogP contribution >= 0.6 is 0 Å². The van der Waals surface area contributed by atoms with Gasteiger partial charge >= 0.3 is 0 Å². The van der Waals surface area contributed by atoms with E-state index < -0.39 is 0 Å². The van der Waals surface area contributed by atoms with E-state index in [1.54, 1.807) is 0 Å². The van der Waals surface area contributed by atoms with Gasteiger partial charge in [0.1, 0.15) is 11.9 Å². The molecule has 1 unspecified atom stereocenters. The number of hydrogen-bond donors (Lipinski definition) is 1. The Kier molecular flexibility index (Phi) is 4.82. The van der Waals surface area contributed by atoms with Crippen LogP contribution in [0.3, 0.4) is 0 Å². The highest BCUT2D eigenvalue weighted by atomic mass is 15.1. The van der Waals surface area contributed by atoms with E-state index in [9.17, 15) is 0 Å². The molecule has 1 aliphatic rings. The lowest BCUT2D eigenvalue weighted by molar-refractivity contribution is 0.950. The number of aliphatic imine (C=N–C) groups is 2. The summed E-state index contributed by atoms with van der Waals surface area (Å²) in [6.45, 7) is 8.54. The number of aryl methyl sites for hydroxylation is 4. The predicted octanol–water partition coefficient (Wildman–Crippen LogP) is 5.93. The number of hydrogen-bond acceptors (Lipinski definition) is 3. The fraction of sp³-hybridized carbons (Fsp3) is 0.200. The van der Waals surface area contributed by atoms with Gasteiger partial charge in [-0.05, 0) is 55.5 Å². The van der Waals surface area contributed by atoms with Crippen LogP contribution in [0.1, 0.15) is 39.4 Å². The van der Waals surface area contributed by atoms with Crippen molar-refractivity contribution in [1.29, 1.82) is 0 Å². The van der Waals surface area contributed by atoms with Gasteiger partial charge < -0.3 is 5.32 Å². The zero-order valence-corrected chi connectivity index (χ0v) is 16.8. The molecule has 3 nitrogen and oxygen atoms in total. The van der Waals surface area contributed by atoms with Gasteiger partial charge in [0.05, 0.1) is 0 Å². The van der Waals surface area contributed by atoms with Gasteiger partial charge in [0.15, 0.2) is 5.84 Å². The second-order valence-corrected chi connectivity index (χ2v) is 7.42. The van der Waals surface area contributed by atoms with Crippen molar-refractivity contribution >= 4 is 17.4 Å². The molecule has 28 heavy (non-hydrogen) atoms. The minimum Gasteiger partial charge on any atom is -0.341 e. The van der Waals surface area contributed by atoms with Crippen molar-refractivity contribution in [1.82, 2.24) is 0 Å². The summed E-state index contributed by atoms with van der Waals surface area (Å²) in [5, 5.41) is 3.62. The first-order chi connectivity index (χ1) is 13.5. The van der Waals surface area contributed by atoms with Crippen LogP contribution in [-0.4, -0.2) is 11.7 Å². The maximum Gasteiger partial charge on any atom is 0.157 e. The Morgan fingerprint density at radius 3 is 1.86 bits per heavy atom. The largest absolute Gasteiger partial charge is 0.341 e. The summed E-state index contributed by atoms with van der Waals surface area (Å²) in [7, 11) is 0. The van der Waals surface area contributed by atoms with E-state index in [-0.39, 0.29) is 6.04 Å². The molecule has 0 spiro atoms. The van der Waals surface area contributed by atoms with E-state index >= 15 is 0 Å². The van der Waals surface area contributed by atoms with Crippen molar-refractivity contribution in [2.24, 2.45) is 9.98 Å². The molecule has 1 heterocycles. The van der Waals surface area contributed by atoms with Gasteiger partial charge in [-0.25, -0.2) is 9.98 Å². The average Bonchev–Trinajstić information content (AvgIpc) is 3.09. The van der Waals surface area contributed by atoms with Gasteiger partial charge in [-0.15, -0.1) is 0 Å². The zero-order valence-electron chi connectivity index (χ0n) is 16.8. The molecule has 0 saturated carbocycles. The summed E-state index contributed by atoms with van der Waals surface area (Å²) in [6.07, 6.45) is 0. The number of benzene rings is 3. The third-order valence-electron chi connectivity index (χ3n) is 5.32. The maximum absolute atomic E-state index is 5.04. The lowest BCUT2D eigenvalue weighted by atomic mass is 9.95. The van der Waals surface area contributed by atoms with Crippen molar-refractivity contribution in [3.8, 4) is 0 Å². The molecule has 3 aromatic rings. The Hall–Kier alpha value is -3.20. The Labute approximate surface area is 166 Å². The molecular formula is C25H25N3. The second kappa shape index (κ2) is 7.43. The number of nitrogens with zero attached hydrogens (tertiary/aromatic N) is 2. The summed E-state index contributed by atoms with van der Waals surface area (Å²) in [6, 6.07) is 22.8. The standard InChI is InChI=1S/C25H25N3/c1-16-10-8-11-17(2)21(16)23-25(26-22-18(3)12-9-13-19(22)4)28-24(27-23)20-14-6-5-7-15-20/h5-15,23H,1-4H3,(H,26,27,28). The molecule has 1 atom stereocenters. The lowest BCUT2D eigenvalue weighted by Gasteiger charge is -2.19. The van der Waals surface area contributed by atoms with Crippen LogP contribution in [0.25, 0.3) is 0 Å². The molecule has 140 valence electrons. The van der Waals surface area contributed by atoms with Gasteiger partial charge in [0.2, 0.25) is 0 Å². The van der Waals surface area contributed by atoms with E-state index in [0.717, 1.165) is 22.9 Å². The van der Waals surface area contributed by atoms with Crippen LogP contribution in [0.2, 0.25) is 0 Å². The van der Waals surface area contributed by atoms with E-state index in [1.165, 1.54) is 27.8 Å². The Morgan fingerprint density at radius 1 is 0.679 bits per heavy atom. The smallest absolute Gasteiger partial charge is 0.157 e. The average molecular weight is 367 g/mol. The topological polar surface area (TPSA) is 36.8 Å². The van der Waals surface area contributed by atoms with Crippen LogP contribution in [0.5, 0.6) is 0 Å². The molecule has 0 fully saturated rings. The monoisotopic (exact) mass is 367 g/mol. The molecule has 0 saturated heterocycles. The van der Waals surface area contributed by atoms with Gasteiger partial charge in [-0.3, -0.25) is 0 Å². The van der Waals surface area contributed by atoms with Gasteiger partial charge in [-0.2, -0.15) is 0 Å². The van der Waals surface area contributed by atoms with Crippen molar-refractivity contribution in [2.75, 3.05) is 5.32 Å². The number of anilines is 1. The summed E-state index contributed by atoms with van der Waals surface area (Å²) < 4.78 is 0. The maximum atomic E-state index is 5.04. The fourth-order valence-electron chi connectivity index (χ4n) is 3.81. The molecular weight excluding hydrogens is 342 g/mol. The van der Waals surface area contributed by atoms with Crippen LogP contribution in [-0.2, 0) is 0 Å². The fourth-order valence-corrected chi connectivity index (χ4v) is 3.81.